The average Bonchev–Trinajstić information content (AvgIpc) is 2.69. The molecule has 0 radical (unpaired) electrons. The highest BCUT2D eigenvalue weighted by atomic mass is 35.5. The maximum Gasteiger partial charge on any atom is 0.225 e. The fraction of sp³-hybridized carbons (Fsp3) is 0.474. The van der Waals surface area contributed by atoms with Gasteiger partial charge in [0.05, 0.1) is 21.3 Å². The summed E-state index contributed by atoms with van der Waals surface area (Å²) >= 11 is 0. The van der Waals surface area contributed by atoms with E-state index in [2.05, 4.69) is 26.7 Å². The summed E-state index contributed by atoms with van der Waals surface area (Å²) < 4.78 is 16.5. The minimum atomic E-state index is 0. The molecule has 3 rings (SSSR count). The third kappa shape index (κ3) is 4.54. The van der Waals surface area contributed by atoms with E-state index in [0.717, 1.165) is 43.4 Å². The van der Waals surface area contributed by atoms with Gasteiger partial charge in [-0.05, 0) is 19.1 Å². The van der Waals surface area contributed by atoms with Crippen LogP contribution in [0.2, 0.25) is 0 Å². The van der Waals surface area contributed by atoms with E-state index in [1.807, 2.05) is 18.2 Å². The van der Waals surface area contributed by atoms with Crippen molar-refractivity contribution < 1.29 is 14.2 Å². The molecule has 0 bridgehead atoms. The SMILES string of the molecule is COc1ccc(CN2CCN(c3ncccn3)CC2C)c(OC)c1OC.Cl. The second-order valence-electron chi connectivity index (χ2n) is 6.31. The normalized spacial score (nSPS) is 17.2. The van der Waals surface area contributed by atoms with E-state index >= 15 is 0 Å². The molecular formula is C19H27ClN4O3. The molecule has 0 N–H and O–H groups in total. The van der Waals surface area contributed by atoms with Crippen LogP contribution in [0.25, 0.3) is 0 Å². The maximum atomic E-state index is 5.62. The number of ether oxygens (including phenoxy) is 3. The molecule has 1 saturated heterocycles. The lowest BCUT2D eigenvalue weighted by Crippen LogP contribution is -2.51. The second kappa shape index (κ2) is 9.62. The Hall–Kier alpha value is -2.25. The fourth-order valence-electron chi connectivity index (χ4n) is 3.37. The lowest BCUT2D eigenvalue weighted by atomic mass is 10.1. The summed E-state index contributed by atoms with van der Waals surface area (Å²) in [5.41, 5.74) is 1.08. The lowest BCUT2D eigenvalue weighted by Gasteiger charge is -2.40. The number of rotatable bonds is 6. The summed E-state index contributed by atoms with van der Waals surface area (Å²) in [4.78, 5) is 13.4. The molecule has 8 heteroatoms. The number of hydrogen-bond donors (Lipinski definition) is 0. The van der Waals surface area contributed by atoms with E-state index in [-0.39, 0.29) is 12.4 Å². The number of nitrogens with zero attached hydrogens (tertiary/aromatic N) is 4. The minimum absolute atomic E-state index is 0. The minimum Gasteiger partial charge on any atom is -0.493 e. The summed E-state index contributed by atoms with van der Waals surface area (Å²) in [6.45, 7) is 5.72. The van der Waals surface area contributed by atoms with Crippen LogP contribution < -0.4 is 19.1 Å². The van der Waals surface area contributed by atoms with Gasteiger partial charge in [-0.2, -0.15) is 0 Å². The quantitative estimate of drug-likeness (QED) is 0.746. The zero-order valence-electron chi connectivity index (χ0n) is 16.2. The van der Waals surface area contributed by atoms with Crippen LogP contribution in [0.4, 0.5) is 5.95 Å². The van der Waals surface area contributed by atoms with Crippen molar-refractivity contribution in [3.63, 3.8) is 0 Å². The number of anilines is 1. The van der Waals surface area contributed by atoms with Crippen molar-refractivity contribution in [3.8, 4) is 17.2 Å². The predicted molar refractivity (Wildman–Crippen MR) is 107 cm³/mol. The summed E-state index contributed by atoms with van der Waals surface area (Å²) in [6, 6.07) is 6.17. The maximum absolute atomic E-state index is 5.62. The molecule has 0 amide bonds. The largest absolute Gasteiger partial charge is 0.493 e. The number of aromatic nitrogens is 2. The van der Waals surface area contributed by atoms with E-state index in [9.17, 15) is 0 Å². The Morgan fingerprint density at radius 1 is 1.00 bits per heavy atom. The highest BCUT2D eigenvalue weighted by Crippen LogP contribution is 2.40. The third-order valence-corrected chi connectivity index (χ3v) is 4.76. The van der Waals surface area contributed by atoms with Crippen LogP contribution in [-0.2, 0) is 6.54 Å². The van der Waals surface area contributed by atoms with Gasteiger partial charge in [0.25, 0.3) is 0 Å². The second-order valence-corrected chi connectivity index (χ2v) is 6.31. The molecule has 1 aromatic heterocycles. The molecule has 2 aromatic rings. The van der Waals surface area contributed by atoms with Crippen molar-refractivity contribution in [3.05, 3.63) is 36.2 Å². The van der Waals surface area contributed by atoms with Gasteiger partial charge in [0.15, 0.2) is 11.5 Å². The molecule has 148 valence electrons. The molecule has 0 spiro atoms. The molecular weight excluding hydrogens is 368 g/mol. The van der Waals surface area contributed by atoms with Gasteiger partial charge in [-0.25, -0.2) is 9.97 Å². The lowest BCUT2D eigenvalue weighted by molar-refractivity contribution is 0.177. The van der Waals surface area contributed by atoms with Crippen LogP contribution in [0.5, 0.6) is 17.2 Å². The Bertz CT molecular complexity index is 732. The molecule has 0 aliphatic carbocycles. The van der Waals surface area contributed by atoms with Gasteiger partial charge in [0.1, 0.15) is 0 Å². The van der Waals surface area contributed by atoms with E-state index in [4.69, 9.17) is 14.2 Å². The Morgan fingerprint density at radius 3 is 2.30 bits per heavy atom. The van der Waals surface area contributed by atoms with Crippen LogP contribution in [0.1, 0.15) is 12.5 Å². The van der Waals surface area contributed by atoms with E-state index in [1.165, 1.54) is 0 Å². The summed E-state index contributed by atoms with van der Waals surface area (Å²) in [7, 11) is 4.92. The van der Waals surface area contributed by atoms with Gasteiger partial charge in [0.2, 0.25) is 11.7 Å². The molecule has 1 aliphatic rings. The fourth-order valence-corrected chi connectivity index (χ4v) is 3.37. The monoisotopic (exact) mass is 394 g/mol. The predicted octanol–water partition coefficient (Wildman–Crippen LogP) is 2.63. The highest BCUT2D eigenvalue weighted by molar-refractivity contribution is 5.85. The van der Waals surface area contributed by atoms with Crippen LogP contribution in [-0.4, -0.2) is 61.9 Å². The number of halogens is 1. The Kier molecular flexibility index (Phi) is 7.50. The highest BCUT2D eigenvalue weighted by Gasteiger charge is 2.27. The van der Waals surface area contributed by atoms with Gasteiger partial charge < -0.3 is 19.1 Å². The van der Waals surface area contributed by atoms with Gasteiger partial charge in [-0.3, -0.25) is 4.90 Å². The molecule has 0 saturated carbocycles. The molecule has 7 nitrogen and oxygen atoms in total. The molecule has 1 aliphatic heterocycles. The first-order valence-electron chi connectivity index (χ1n) is 8.71. The van der Waals surface area contributed by atoms with E-state index in [0.29, 0.717) is 17.5 Å². The topological polar surface area (TPSA) is 60.0 Å². The van der Waals surface area contributed by atoms with Gasteiger partial charge in [-0.15, -0.1) is 12.4 Å². The van der Waals surface area contributed by atoms with Gasteiger partial charge >= 0.3 is 0 Å². The van der Waals surface area contributed by atoms with Crippen LogP contribution in [0.15, 0.2) is 30.6 Å². The van der Waals surface area contributed by atoms with Crippen molar-refractivity contribution in [2.45, 2.75) is 19.5 Å². The molecule has 1 fully saturated rings. The van der Waals surface area contributed by atoms with Gasteiger partial charge in [-0.1, -0.05) is 6.07 Å². The van der Waals surface area contributed by atoms with Crippen LogP contribution >= 0.6 is 12.4 Å². The van der Waals surface area contributed by atoms with Crippen molar-refractivity contribution in [1.82, 2.24) is 14.9 Å². The van der Waals surface area contributed by atoms with Crippen molar-refractivity contribution >= 4 is 18.4 Å². The number of hydrogen-bond acceptors (Lipinski definition) is 7. The molecule has 1 aromatic carbocycles. The number of piperazine rings is 1. The smallest absolute Gasteiger partial charge is 0.225 e. The first-order chi connectivity index (χ1) is 12.7. The standard InChI is InChI=1S/C19H26N4O3.ClH/c1-14-12-23(19-20-8-5-9-21-19)11-10-22(14)13-15-6-7-16(24-2)18(26-4)17(15)25-3;/h5-9,14H,10-13H2,1-4H3;1H. The first kappa shape index (κ1) is 21.1. The summed E-state index contributed by atoms with van der Waals surface area (Å²) in [6.07, 6.45) is 3.57. The van der Waals surface area contributed by atoms with Crippen molar-refractivity contribution in [2.24, 2.45) is 0 Å². The number of benzene rings is 1. The zero-order chi connectivity index (χ0) is 18.5. The van der Waals surface area contributed by atoms with Crippen molar-refractivity contribution in [2.75, 3.05) is 45.9 Å². The zero-order valence-corrected chi connectivity index (χ0v) is 17.0. The average molecular weight is 395 g/mol. The number of methoxy groups -OCH3 is 3. The third-order valence-electron chi connectivity index (χ3n) is 4.76. The van der Waals surface area contributed by atoms with E-state index < -0.39 is 0 Å². The first-order valence-corrected chi connectivity index (χ1v) is 8.71. The molecule has 1 unspecified atom stereocenters. The Balaban J connectivity index is 0.00000261. The van der Waals surface area contributed by atoms with Crippen molar-refractivity contribution in [1.29, 1.82) is 0 Å². The Labute approximate surface area is 166 Å². The summed E-state index contributed by atoms with van der Waals surface area (Å²) in [5, 5.41) is 0. The van der Waals surface area contributed by atoms with E-state index in [1.54, 1.807) is 33.7 Å². The molecule has 27 heavy (non-hydrogen) atoms. The summed E-state index contributed by atoms with van der Waals surface area (Å²) in [5.74, 6) is 2.83. The van der Waals surface area contributed by atoms with Gasteiger partial charge in [0, 0.05) is 50.2 Å². The Morgan fingerprint density at radius 2 is 1.70 bits per heavy atom. The van der Waals surface area contributed by atoms with Crippen LogP contribution in [0, 0.1) is 0 Å². The van der Waals surface area contributed by atoms with Crippen LogP contribution in [0.3, 0.4) is 0 Å². The molecule has 2 heterocycles. The molecule has 1 atom stereocenters.